The molecule has 9 heteroatoms. The number of nitrogens with one attached hydrogen (secondary N) is 2. The number of carbonyl (C=O) groups excluding carboxylic acids is 1. The van der Waals surface area contributed by atoms with E-state index >= 15 is 0 Å². The van der Waals surface area contributed by atoms with E-state index < -0.39 is 20.8 Å². The molecule has 0 aromatic heterocycles. The first-order valence-electron chi connectivity index (χ1n) is 6.78. The van der Waals surface area contributed by atoms with Crippen molar-refractivity contribution in [2.45, 2.75) is 25.4 Å². The molecule has 1 heterocycles. The number of sulfone groups is 1. The fourth-order valence-electron chi connectivity index (χ4n) is 2.26. The zero-order chi connectivity index (χ0) is 16.3. The molecule has 1 aliphatic rings. The third kappa shape index (κ3) is 4.17. The molecule has 1 aliphatic heterocycles. The summed E-state index contributed by atoms with van der Waals surface area (Å²) >= 11 is 0. The number of hydrogen-bond donors (Lipinski definition) is 2. The van der Waals surface area contributed by atoms with Crippen molar-refractivity contribution in [3.05, 3.63) is 34.4 Å². The highest BCUT2D eigenvalue weighted by molar-refractivity contribution is 7.91. The standard InChI is InChI=1S/C13H17N3O5S/c1-9(13(17)15-11-5-6-22(20,21)8-11)14-10-3-2-4-12(7-10)16(18)19/h2-4,7,9,11,14H,5-6,8H2,1H3,(H,15,17)/t9-,11+/m0/s1. The Balaban J connectivity index is 1.94. The SMILES string of the molecule is C[C@H](Nc1cccc([N+](=O)[O-])c1)C(=O)N[C@@H]1CCS(=O)(=O)C1. The predicted octanol–water partition coefficient (Wildman–Crippen LogP) is 0.698. The molecule has 8 nitrogen and oxygen atoms in total. The van der Waals surface area contributed by atoms with Crippen LogP contribution in [0, 0.1) is 10.1 Å². The minimum atomic E-state index is -3.05. The summed E-state index contributed by atoms with van der Waals surface area (Å²) in [6, 6.07) is 4.84. The molecule has 0 bridgehead atoms. The van der Waals surface area contributed by atoms with Crippen molar-refractivity contribution < 1.29 is 18.1 Å². The first-order chi connectivity index (χ1) is 10.3. The fourth-order valence-corrected chi connectivity index (χ4v) is 3.93. The maximum absolute atomic E-state index is 12.0. The summed E-state index contributed by atoms with van der Waals surface area (Å²) in [4.78, 5) is 22.2. The van der Waals surface area contributed by atoms with Gasteiger partial charge in [-0.15, -0.1) is 0 Å². The lowest BCUT2D eigenvalue weighted by atomic mass is 10.2. The van der Waals surface area contributed by atoms with Gasteiger partial charge in [-0.1, -0.05) is 6.07 Å². The van der Waals surface area contributed by atoms with Crippen molar-refractivity contribution in [2.75, 3.05) is 16.8 Å². The average molecular weight is 327 g/mol. The molecule has 2 atom stereocenters. The zero-order valence-electron chi connectivity index (χ0n) is 12.0. The highest BCUT2D eigenvalue weighted by atomic mass is 32.2. The number of nitro benzene ring substituents is 1. The normalized spacial score (nSPS) is 21.0. The van der Waals surface area contributed by atoms with Gasteiger partial charge in [-0.05, 0) is 19.4 Å². The quantitative estimate of drug-likeness (QED) is 0.607. The van der Waals surface area contributed by atoms with Crippen LogP contribution in [0.1, 0.15) is 13.3 Å². The van der Waals surface area contributed by atoms with Crippen LogP contribution in [0.5, 0.6) is 0 Å². The molecule has 0 radical (unpaired) electrons. The molecule has 0 aliphatic carbocycles. The number of benzene rings is 1. The van der Waals surface area contributed by atoms with Gasteiger partial charge in [-0.3, -0.25) is 14.9 Å². The van der Waals surface area contributed by atoms with Gasteiger partial charge in [0.2, 0.25) is 5.91 Å². The van der Waals surface area contributed by atoms with Crippen LogP contribution in [0.3, 0.4) is 0 Å². The largest absolute Gasteiger partial charge is 0.374 e. The molecular formula is C13H17N3O5S. The van der Waals surface area contributed by atoms with Gasteiger partial charge in [0.05, 0.1) is 16.4 Å². The Kier molecular flexibility index (Phi) is 4.65. The minimum Gasteiger partial charge on any atom is -0.374 e. The highest BCUT2D eigenvalue weighted by Gasteiger charge is 2.29. The molecule has 22 heavy (non-hydrogen) atoms. The number of anilines is 1. The first kappa shape index (κ1) is 16.2. The topological polar surface area (TPSA) is 118 Å². The van der Waals surface area contributed by atoms with Gasteiger partial charge < -0.3 is 10.6 Å². The maximum Gasteiger partial charge on any atom is 0.271 e. The number of amides is 1. The summed E-state index contributed by atoms with van der Waals surface area (Å²) in [6.45, 7) is 1.61. The summed E-state index contributed by atoms with van der Waals surface area (Å²) < 4.78 is 22.7. The lowest BCUT2D eigenvalue weighted by molar-refractivity contribution is -0.384. The molecule has 1 fully saturated rings. The highest BCUT2D eigenvalue weighted by Crippen LogP contribution is 2.18. The molecule has 2 rings (SSSR count). The fraction of sp³-hybridized carbons (Fsp3) is 0.462. The van der Waals surface area contributed by atoms with E-state index in [9.17, 15) is 23.3 Å². The van der Waals surface area contributed by atoms with Gasteiger partial charge in [0, 0.05) is 23.9 Å². The van der Waals surface area contributed by atoms with E-state index in [1.807, 2.05) is 0 Å². The van der Waals surface area contributed by atoms with Crippen LogP contribution >= 0.6 is 0 Å². The van der Waals surface area contributed by atoms with Crippen LogP contribution in [0.2, 0.25) is 0 Å². The van der Waals surface area contributed by atoms with E-state index in [-0.39, 0.29) is 29.1 Å². The molecule has 1 saturated heterocycles. The third-order valence-corrected chi connectivity index (χ3v) is 5.18. The maximum atomic E-state index is 12.0. The molecule has 0 spiro atoms. The number of non-ortho nitro benzene ring substituents is 1. The van der Waals surface area contributed by atoms with Crippen molar-refractivity contribution in [3.8, 4) is 0 Å². The van der Waals surface area contributed by atoms with Gasteiger partial charge in [-0.25, -0.2) is 8.42 Å². The van der Waals surface area contributed by atoms with E-state index in [0.717, 1.165) is 0 Å². The van der Waals surface area contributed by atoms with Gasteiger partial charge in [0.1, 0.15) is 6.04 Å². The monoisotopic (exact) mass is 327 g/mol. The van der Waals surface area contributed by atoms with Gasteiger partial charge in [-0.2, -0.15) is 0 Å². The lowest BCUT2D eigenvalue weighted by Gasteiger charge is -2.18. The van der Waals surface area contributed by atoms with Crippen molar-refractivity contribution in [1.82, 2.24) is 5.32 Å². The molecule has 1 aromatic rings. The number of hydrogen-bond acceptors (Lipinski definition) is 6. The van der Waals surface area contributed by atoms with Crippen LogP contribution in [0.15, 0.2) is 24.3 Å². The Hall–Kier alpha value is -2.16. The lowest BCUT2D eigenvalue weighted by Crippen LogP contribution is -2.43. The molecule has 120 valence electrons. The summed E-state index contributed by atoms with van der Waals surface area (Å²) in [5, 5.41) is 16.2. The molecule has 0 unspecified atom stereocenters. The van der Waals surface area contributed by atoms with Crippen molar-refractivity contribution in [1.29, 1.82) is 0 Å². The smallest absolute Gasteiger partial charge is 0.271 e. The Labute approximate surface area is 128 Å². The van der Waals surface area contributed by atoms with Crippen molar-refractivity contribution in [3.63, 3.8) is 0 Å². The molecule has 2 N–H and O–H groups in total. The summed E-state index contributed by atoms with van der Waals surface area (Å²) in [7, 11) is -3.05. The van der Waals surface area contributed by atoms with Crippen LogP contribution in [-0.2, 0) is 14.6 Å². The van der Waals surface area contributed by atoms with E-state index in [4.69, 9.17) is 0 Å². The average Bonchev–Trinajstić information content (AvgIpc) is 2.78. The second kappa shape index (κ2) is 6.30. The number of nitro groups is 1. The number of carbonyl (C=O) groups is 1. The van der Waals surface area contributed by atoms with E-state index in [1.54, 1.807) is 13.0 Å². The Bertz CT molecular complexity index is 689. The Morgan fingerprint density at radius 3 is 2.77 bits per heavy atom. The predicted molar refractivity (Wildman–Crippen MR) is 81.4 cm³/mol. The second-order valence-electron chi connectivity index (χ2n) is 5.28. The first-order valence-corrected chi connectivity index (χ1v) is 8.61. The van der Waals surface area contributed by atoms with E-state index in [0.29, 0.717) is 12.1 Å². The Morgan fingerprint density at radius 1 is 1.45 bits per heavy atom. The van der Waals surface area contributed by atoms with Crippen LogP contribution < -0.4 is 10.6 Å². The summed E-state index contributed by atoms with van der Waals surface area (Å²) in [6.07, 6.45) is 0.414. The minimum absolute atomic E-state index is 0.0394. The van der Waals surface area contributed by atoms with Gasteiger partial charge in [0.15, 0.2) is 9.84 Å². The number of rotatable bonds is 5. The van der Waals surface area contributed by atoms with E-state index in [1.165, 1.54) is 18.2 Å². The number of nitrogens with zero attached hydrogens (tertiary/aromatic N) is 1. The summed E-state index contributed by atoms with van der Waals surface area (Å²) in [5.41, 5.74) is 0.385. The van der Waals surface area contributed by atoms with Crippen LogP contribution in [0.25, 0.3) is 0 Å². The van der Waals surface area contributed by atoms with Crippen LogP contribution in [-0.4, -0.2) is 42.8 Å². The summed E-state index contributed by atoms with van der Waals surface area (Å²) in [5.74, 6) is -0.291. The van der Waals surface area contributed by atoms with Crippen molar-refractivity contribution in [2.24, 2.45) is 0 Å². The molecule has 1 aromatic carbocycles. The Morgan fingerprint density at radius 2 is 2.18 bits per heavy atom. The molecular weight excluding hydrogens is 310 g/mol. The zero-order valence-corrected chi connectivity index (χ0v) is 12.8. The van der Waals surface area contributed by atoms with Crippen LogP contribution in [0.4, 0.5) is 11.4 Å². The molecule has 0 saturated carbocycles. The van der Waals surface area contributed by atoms with Crippen molar-refractivity contribution >= 4 is 27.1 Å². The van der Waals surface area contributed by atoms with Gasteiger partial charge in [0.25, 0.3) is 5.69 Å². The van der Waals surface area contributed by atoms with E-state index in [2.05, 4.69) is 10.6 Å². The molecule has 1 amide bonds. The second-order valence-corrected chi connectivity index (χ2v) is 7.51. The van der Waals surface area contributed by atoms with Gasteiger partial charge >= 0.3 is 0 Å². The third-order valence-electron chi connectivity index (χ3n) is 3.41.